The minimum absolute atomic E-state index is 0.0201. The molecule has 0 aliphatic rings. The maximum Gasteiger partial charge on any atom is 0.408 e. The number of nitrogens with one attached hydrogen (secondary N) is 2. The first-order chi connectivity index (χ1) is 16.7. The van der Waals surface area contributed by atoms with Gasteiger partial charge in [0.05, 0.1) is 0 Å². The van der Waals surface area contributed by atoms with E-state index < -0.39 is 41.6 Å². The number of amides is 4. The van der Waals surface area contributed by atoms with Crippen LogP contribution in [0.3, 0.4) is 0 Å². The van der Waals surface area contributed by atoms with Crippen LogP contribution in [-0.2, 0) is 19.1 Å². The van der Waals surface area contributed by atoms with Crippen LogP contribution in [0.15, 0.2) is 18.2 Å². The van der Waals surface area contributed by atoms with Crippen molar-refractivity contribution in [3.8, 4) is 0 Å². The van der Waals surface area contributed by atoms with E-state index in [-0.39, 0.29) is 18.7 Å². The molecule has 0 aliphatic heterocycles. The summed E-state index contributed by atoms with van der Waals surface area (Å²) in [7, 11) is 0. The summed E-state index contributed by atoms with van der Waals surface area (Å²) < 4.78 is 5.34. The van der Waals surface area contributed by atoms with E-state index in [4.69, 9.17) is 10.5 Å². The van der Waals surface area contributed by atoms with Gasteiger partial charge in [0.25, 0.3) is 0 Å². The van der Waals surface area contributed by atoms with Crippen LogP contribution in [-0.4, -0.2) is 52.9 Å². The van der Waals surface area contributed by atoms with Crippen LogP contribution >= 0.6 is 0 Å². The number of unbranched alkanes of at least 4 members (excludes halogenated alkanes) is 1. The summed E-state index contributed by atoms with van der Waals surface area (Å²) in [5.74, 6) is -1.40. The average Bonchev–Trinajstić information content (AvgIpc) is 2.74. The van der Waals surface area contributed by atoms with E-state index >= 15 is 0 Å². The SMILES string of the molecule is CCCCNC(=O)C(c1ccc(C)c(C)c1)N(C(=O)C(CCC(N)=O)NC(=O)OC(C)(C)C)C(C)C. The van der Waals surface area contributed by atoms with Crippen LogP contribution in [0.1, 0.15) is 90.0 Å². The maximum absolute atomic E-state index is 13.9. The highest BCUT2D eigenvalue weighted by Gasteiger charge is 2.37. The lowest BCUT2D eigenvalue weighted by atomic mass is 9.96. The zero-order valence-electron chi connectivity index (χ0n) is 23.1. The first-order valence-electron chi connectivity index (χ1n) is 12.6. The lowest BCUT2D eigenvalue weighted by Gasteiger charge is -2.37. The Hall–Kier alpha value is -3.10. The molecule has 1 aromatic rings. The lowest BCUT2D eigenvalue weighted by molar-refractivity contribution is -0.144. The van der Waals surface area contributed by atoms with Crippen molar-refractivity contribution in [1.29, 1.82) is 0 Å². The van der Waals surface area contributed by atoms with E-state index in [2.05, 4.69) is 10.6 Å². The van der Waals surface area contributed by atoms with Crippen molar-refractivity contribution >= 4 is 23.8 Å². The third kappa shape index (κ3) is 9.87. The van der Waals surface area contributed by atoms with Crippen molar-refractivity contribution in [2.45, 2.75) is 105 Å². The smallest absolute Gasteiger partial charge is 0.408 e. The van der Waals surface area contributed by atoms with Crippen LogP contribution < -0.4 is 16.4 Å². The minimum Gasteiger partial charge on any atom is -0.444 e. The lowest BCUT2D eigenvalue weighted by Crippen LogP contribution is -2.55. The molecule has 2 atom stereocenters. The number of hydrogen-bond acceptors (Lipinski definition) is 5. The molecule has 0 fully saturated rings. The molecule has 0 saturated carbocycles. The van der Waals surface area contributed by atoms with E-state index in [0.29, 0.717) is 12.1 Å². The predicted octanol–water partition coefficient (Wildman–Crippen LogP) is 3.66. The molecule has 0 aliphatic carbocycles. The number of primary amides is 1. The van der Waals surface area contributed by atoms with Crippen LogP contribution in [0, 0.1) is 13.8 Å². The van der Waals surface area contributed by atoms with Gasteiger partial charge < -0.3 is 26.0 Å². The van der Waals surface area contributed by atoms with Crippen molar-refractivity contribution in [2.75, 3.05) is 6.54 Å². The van der Waals surface area contributed by atoms with Crippen molar-refractivity contribution < 1.29 is 23.9 Å². The normalized spacial score (nSPS) is 13.0. The fourth-order valence-corrected chi connectivity index (χ4v) is 3.71. The number of nitrogens with two attached hydrogens (primary N) is 1. The molecule has 0 saturated heterocycles. The van der Waals surface area contributed by atoms with Crippen LogP contribution in [0.25, 0.3) is 0 Å². The zero-order chi connectivity index (χ0) is 27.6. The Balaban J connectivity index is 3.47. The molecular formula is C27H44N4O5. The number of benzene rings is 1. The molecule has 2 unspecified atom stereocenters. The van der Waals surface area contributed by atoms with Crippen molar-refractivity contribution in [2.24, 2.45) is 5.73 Å². The number of hydrogen-bond donors (Lipinski definition) is 3. The van der Waals surface area contributed by atoms with Gasteiger partial charge in [0, 0.05) is 19.0 Å². The molecule has 36 heavy (non-hydrogen) atoms. The molecule has 4 amide bonds. The summed E-state index contributed by atoms with van der Waals surface area (Å²) in [6, 6.07) is 3.25. The predicted molar refractivity (Wildman–Crippen MR) is 140 cm³/mol. The number of alkyl carbamates (subject to hydrolysis) is 1. The van der Waals surface area contributed by atoms with E-state index in [9.17, 15) is 19.2 Å². The molecular weight excluding hydrogens is 460 g/mol. The second kappa shape index (κ2) is 13.8. The molecule has 9 heteroatoms. The van der Waals surface area contributed by atoms with E-state index in [1.54, 1.807) is 20.8 Å². The van der Waals surface area contributed by atoms with Gasteiger partial charge in [-0.3, -0.25) is 14.4 Å². The average molecular weight is 505 g/mol. The van der Waals surface area contributed by atoms with Gasteiger partial charge in [0.2, 0.25) is 17.7 Å². The summed E-state index contributed by atoms with van der Waals surface area (Å²) in [4.78, 5) is 52.9. The van der Waals surface area contributed by atoms with Gasteiger partial charge in [-0.25, -0.2) is 4.79 Å². The van der Waals surface area contributed by atoms with Gasteiger partial charge in [-0.2, -0.15) is 0 Å². The summed E-state index contributed by atoms with van der Waals surface area (Å²) in [5, 5.41) is 5.54. The zero-order valence-corrected chi connectivity index (χ0v) is 23.1. The maximum atomic E-state index is 13.9. The number of aryl methyl sites for hydroxylation is 2. The highest BCUT2D eigenvalue weighted by Crippen LogP contribution is 2.27. The molecule has 0 spiro atoms. The summed E-state index contributed by atoms with van der Waals surface area (Å²) in [6.45, 7) is 15.2. The number of carbonyl (C=O) groups is 4. The van der Waals surface area contributed by atoms with Crippen molar-refractivity contribution in [3.63, 3.8) is 0 Å². The Morgan fingerprint density at radius 2 is 1.72 bits per heavy atom. The number of rotatable bonds is 12. The van der Waals surface area contributed by atoms with Crippen LogP contribution in [0.2, 0.25) is 0 Å². The van der Waals surface area contributed by atoms with Gasteiger partial charge >= 0.3 is 6.09 Å². The van der Waals surface area contributed by atoms with E-state index in [1.165, 1.54) is 4.90 Å². The fourth-order valence-electron chi connectivity index (χ4n) is 3.71. The largest absolute Gasteiger partial charge is 0.444 e. The van der Waals surface area contributed by atoms with E-state index in [1.807, 2.05) is 52.8 Å². The van der Waals surface area contributed by atoms with Gasteiger partial charge in [-0.15, -0.1) is 0 Å². The van der Waals surface area contributed by atoms with Crippen LogP contribution in [0.5, 0.6) is 0 Å². The standard InChI is InChI=1S/C27H44N4O5/c1-9-10-15-29-24(33)23(20-12-11-18(4)19(5)16-20)31(17(2)3)25(34)21(13-14-22(28)32)30-26(35)36-27(6,7)8/h11-12,16-17,21,23H,9-10,13-15H2,1-8H3,(H2,28,32)(H,29,33)(H,30,35). The third-order valence-electron chi connectivity index (χ3n) is 5.68. The van der Waals surface area contributed by atoms with Gasteiger partial charge in [0.1, 0.15) is 17.7 Å². The number of carbonyl (C=O) groups excluding carboxylic acids is 4. The number of nitrogens with zero attached hydrogens (tertiary/aromatic N) is 1. The molecule has 9 nitrogen and oxygen atoms in total. The topological polar surface area (TPSA) is 131 Å². The Morgan fingerprint density at radius 1 is 1.08 bits per heavy atom. The second-order valence-electron chi connectivity index (χ2n) is 10.4. The molecule has 0 heterocycles. The minimum atomic E-state index is -1.10. The highest BCUT2D eigenvalue weighted by molar-refractivity contribution is 5.92. The Kier molecular flexibility index (Phi) is 11.9. The van der Waals surface area contributed by atoms with Gasteiger partial charge in [-0.05, 0) is 78.0 Å². The molecule has 0 bridgehead atoms. The summed E-state index contributed by atoms with van der Waals surface area (Å²) in [6.07, 6.45) is 0.797. The van der Waals surface area contributed by atoms with Gasteiger partial charge in [0.15, 0.2) is 0 Å². The highest BCUT2D eigenvalue weighted by atomic mass is 16.6. The first kappa shape index (κ1) is 30.9. The Bertz CT molecular complexity index is 923. The summed E-state index contributed by atoms with van der Waals surface area (Å²) >= 11 is 0. The first-order valence-corrected chi connectivity index (χ1v) is 12.6. The number of ether oxygens (including phenoxy) is 1. The molecule has 202 valence electrons. The molecule has 4 N–H and O–H groups in total. The summed E-state index contributed by atoms with van der Waals surface area (Å²) in [5.41, 5.74) is 7.28. The van der Waals surface area contributed by atoms with Crippen LogP contribution in [0.4, 0.5) is 4.79 Å². The monoisotopic (exact) mass is 504 g/mol. The third-order valence-corrected chi connectivity index (χ3v) is 5.68. The molecule has 0 aromatic heterocycles. The molecule has 1 rings (SSSR count). The molecule has 0 radical (unpaired) electrons. The molecule has 1 aromatic carbocycles. The van der Waals surface area contributed by atoms with Crippen molar-refractivity contribution in [3.05, 3.63) is 34.9 Å². The van der Waals surface area contributed by atoms with Crippen molar-refractivity contribution in [1.82, 2.24) is 15.5 Å². The fraction of sp³-hybridized carbons (Fsp3) is 0.630. The van der Waals surface area contributed by atoms with Gasteiger partial charge in [-0.1, -0.05) is 31.5 Å². The van der Waals surface area contributed by atoms with E-state index in [0.717, 1.165) is 24.0 Å². The second-order valence-corrected chi connectivity index (χ2v) is 10.4. The Labute approximate surface area is 215 Å². The quantitative estimate of drug-likeness (QED) is 0.374. The Morgan fingerprint density at radius 3 is 2.22 bits per heavy atom.